The highest BCUT2D eigenvalue weighted by molar-refractivity contribution is 7.98. The number of nitrogens with one attached hydrogen (secondary N) is 2. The molecule has 2 N–H and O–H groups in total. The molecule has 1 aromatic heterocycles. The van der Waals surface area contributed by atoms with Crippen LogP contribution in [0.1, 0.15) is 43.5 Å². The van der Waals surface area contributed by atoms with Crippen molar-refractivity contribution < 1.29 is 9.53 Å². The molecule has 10 heteroatoms. The summed E-state index contributed by atoms with van der Waals surface area (Å²) >= 11 is 14.3. The number of hydrogen-bond acceptors (Lipinski definition) is 5. The van der Waals surface area contributed by atoms with Crippen molar-refractivity contribution >= 4 is 41.0 Å². The van der Waals surface area contributed by atoms with Crippen LogP contribution in [-0.2, 0) is 12.3 Å². The van der Waals surface area contributed by atoms with Gasteiger partial charge in [-0.25, -0.2) is 4.79 Å². The van der Waals surface area contributed by atoms with Gasteiger partial charge in [-0.05, 0) is 48.7 Å². The number of carbonyl (C=O) groups excluding carboxylic acids is 1. The average Bonchev–Trinajstić information content (AvgIpc) is 3.26. The van der Waals surface area contributed by atoms with Crippen LogP contribution < -0.4 is 15.4 Å². The highest BCUT2D eigenvalue weighted by atomic mass is 35.5. The average molecular weight is 520 g/mol. The standard InChI is InChI=1S/C24H27Cl2N5O2S/c1-33-19-9-5-6-16(12-19)15-34-24-30-29-22(31(24)21-13-17(25)10-11-20(21)26)14-27-23(32)28-18-7-3-2-4-8-18/h5-6,9-13,18H,2-4,7-8,14-15H2,1H3,(H2,27,28,32). The van der Waals surface area contributed by atoms with Crippen LogP contribution in [0.2, 0.25) is 10.0 Å². The van der Waals surface area contributed by atoms with Gasteiger partial charge in [0.25, 0.3) is 0 Å². The zero-order chi connectivity index (χ0) is 23.9. The number of nitrogens with zero attached hydrogens (tertiary/aromatic N) is 3. The SMILES string of the molecule is COc1cccc(CSc2nnc(CNC(=O)NC3CCCCC3)n2-c2cc(Cl)ccc2Cl)c1. The molecule has 0 saturated heterocycles. The fourth-order valence-corrected chi connectivity index (χ4v) is 5.24. The van der Waals surface area contributed by atoms with Gasteiger partial charge in [0.15, 0.2) is 11.0 Å². The minimum Gasteiger partial charge on any atom is -0.497 e. The zero-order valence-corrected chi connectivity index (χ0v) is 21.2. The number of methoxy groups -OCH3 is 1. The molecule has 4 rings (SSSR count). The Labute approximate surface area is 213 Å². The molecule has 3 aromatic rings. The van der Waals surface area contributed by atoms with Gasteiger partial charge in [0.2, 0.25) is 0 Å². The number of halogens is 2. The summed E-state index contributed by atoms with van der Waals surface area (Å²) < 4.78 is 7.17. The number of aromatic nitrogens is 3. The van der Waals surface area contributed by atoms with Crippen LogP contribution in [-0.4, -0.2) is 33.9 Å². The summed E-state index contributed by atoms with van der Waals surface area (Å²) in [6.07, 6.45) is 5.58. The van der Waals surface area contributed by atoms with Crippen molar-refractivity contribution in [3.05, 3.63) is 63.9 Å². The Bertz CT molecular complexity index is 1130. The molecular weight excluding hydrogens is 493 g/mol. The Morgan fingerprint density at radius 3 is 2.76 bits per heavy atom. The molecule has 0 aliphatic heterocycles. The fourth-order valence-electron chi connectivity index (χ4n) is 3.96. The van der Waals surface area contributed by atoms with Gasteiger partial charge < -0.3 is 15.4 Å². The number of rotatable bonds is 8. The Balaban J connectivity index is 1.53. The van der Waals surface area contributed by atoms with Crippen molar-refractivity contribution in [2.45, 2.75) is 55.6 Å². The van der Waals surface area contributed by atoms with Gasteiger partial charge in [0, 0.05) is 16.8 Å². The number of hydrogen-bond donors (Lipinski definition) is 2. The molecule has 0 radical (unpaired) electrons. The quantitative estimate of drug-likeness (QED) is 0.356. The number of thioether (sulfide) groups is 1. The molecule has 0 atom stereocenters. The number of amides is 2. The first-order chi connectivity index (χ1) is 16.5. The third-order valence-electron chi connectivity index (χ3n) is 5.70. The second kappa shape index (κ2) is 11.8. The summed E-state index contributed by atoms with van der Waals surface area (Å²) in [5.41, 5.74) is 1.75. The van der Waals surface area contributed by atoms with Crippen molar-refractivity contribution in [2.75, 3.05) is 7.11 Å². The largest absolute Gasteiger partial charge is 0.497 e. The first-order valence-electron chi connectivity index (χ1n) is 11.2. The van der Waals surface area contributed by atoms with Crippen molar-refractivity contribution in [3.8, 4) is 11.4 Å². The summed E-state index contributed by atoms with van der Waals surface area (Å²) in [5, 5.41) is 16.4. The van der Waals surface area contributed by atoms with E-state index >= 15 is 0 Å². The molecule has 180 valence electrons. The van der Waals surface area contributed by atoms with Gasteiger partial charge in [0.05, 0.1) is 24.4 Å². The van der Waals surface area contributed by atoms with Crippen LogP contribution in [0.3, 0.4) is 0 Å². The molecule has 1 aliphatic rings. The molecule has 7 nitrogen and oxygen atoms in total. The van der Waals surface area contributed by atoms with Crippen molar-refractivity contribution in [3.63, 3.8) is 0 Å². The maximum absolute atomic E-state index is 12.5. The van der Waals surface area contributed by atoms with E-state index in [0.717, 1.165) is 37.0 Å². The van der Waals surface area contributed by atoms with Gasteiger partial charge in [-0.2, -0.15) is 0 Å². The summed E-state index contributed by atoms with van der Waals surface area (Å²) in [7, 11) is 1.65. The summed E-state index contributed by atoms with van der Waals surface area (Å²) in [6, 6.07) is 13.1. The molecule has 34 heavy (non-hydrogen) atoms. The normalized spacial score (nSPS) is 14.1. The van der Waals surface area contributed by atoms with E-state index in [1.807, 2.05) is 28.8 Å². The highest BCUT2D eigenvalue weighted by Crippen LogP contribution is 2.31. The number of carbonyl (C=O) groups is 1. The van der Waals surface area contributed by atoms with E-state index in [2.05, 4.69) is 20.8 Å². The van der Waals surface area contributed by atoms with Crippen LogP contribution in [0, 0.1) is 0 Å². The van der Waals surface area contributed by atoms with Gasteiger partial charge in [0.1, 0.15) is 5.75 Å². The Morgan fingerprint density at radius 2 is 1.97 bits per heavy atom. The minimum absolute atomic E-state index is 0.202. The lowest BCUT2D eigenvalue weighted by Crippen LogP contribution is -2.42. The van der Waals surface area contributed by atoms with Crippen molar-refractivity contribution in [1.29, 1.82) is 0 Å². The summed E-state index contributed by atoms with van der Waals surface area (Å²) in [5.74, 6) is 2.02. The Hall–Kier alpha value is -2.42. The predicted molar refractivity (Wildman–Crippen MR) is 136 cm³/mol. The van der Waals surface area contributed by atoms with Gasteiger partial charge in [-0.1, -0.05) is 66.4 Å². The lowest BCUT2D eigenvalue weighted by atomic mass is 9.96. The van der Waals surface area contributed by atoms with Gasteiger partial charge in [-0.15, -0.1) is 10.2 Å². The molecule has 2 aromatic carbocycles. The monoisotopic (exact) mass is 519 g/mol. The summed E-state index contributed by atoms with van der Waals surface area (Å²) in [6.45, 7) is 0.202. The lowest BCUT2D eigenvalue weighted by Gasteiger charge is -2.22. The maximum Gasteiger partial charge on any atom is 0.315 e. The third kappa shape index (κ3) is 6.37. The van der Waals surface area contributed by atoms with Gasteiger partial charge in [-0.3, -0.25) is 4.57 Å². The van der Waals surface area contributed by atoms with E-state index in [1.165, 1.54) is 18.2 Å². The van der Waals surface area contributed by atoms with E-state index in [9.17, 15) is 4.79 Å². The van der Waals surface area contributed by atoms with E-state index in [0.29, 0.717) is 32.5 Å². The molecule has 1 saturated carbocycles. The lowest BCUT2D eigenvalue weighted by molar-refractivity contribution is 0.232. The summed E-state index contributed by atoms with van der Waals surface area (Å²) in [4.78, 5) is 12.5. The number of ether oxygens (including phenoxy) is 1. The van der Waals surface area contributed by atoms with Crippen LogP contribution in [0.4, 0.5) is 4.79 Å². The zero-order valence-electron chi connectivity index (χ0n) is 18.9. The van der Waals surface area contributed by atoms with E-state index in [-0.39, 0.29) is 18.6 Å². The third-order valence-corrected chi connectivity index (χ3v) is 7.25. The van der Waals surface area contributed by atoms with Crippen molar-refractivity contribution in [1.82, 2.24) is 25.4 Å². The van der Waals surface area contributed by atoms with Crippen LogP contribution in [0.25, 0.3) is 5.69 Å². The van der Waals surface area contributed by atoms with Crippen LogP contribution in [0.5, 0.6) is 5.75 Å². The first kappa shape index (κ1) is 24.7. The number of benzene rings is 2. The number of urea groups is 1. The van der Waals surface area contributed by atoms with Crippen LogP contribution >= 0.6 is 35.0 Å². The molecule has 1 fully saturated rings. The van der Waals surface area contributed by atoms with E-state index < -0.39 is 0 Å². The predicted octanol–water partition coefficient (Wildman–Crippen LogP) is 6.01. The topological polar surface area (TPSA) is 81.1 Å². The molecule has 1 heterocycles. The highest BCUT2D eigenvalue weighted by Gasteiger charge is 2.20. The Kier molecular flexibility index (Phi) is 8.59. The Morgan fingerprint density at radius 1 is 1.15 bits per heavy atom. The minimum atomic E-state index is -0.204. The molecular formula is C24H27Cl2N5O2S. The molecule has 0 bridgehead atoms. The van der Waals surface area contributed by atoms with Crippen LogP contribution in [0.15, 0.2) is 47.6 Å². The second-order valence-electron chi connectivity index (χ2n) is 8.13. The second-order valence-corrected chi connectivity index (χ2v) is 9.92. The van der Waals surface area contributed by atoms with Crippen molar-refractivity contribution in [2.24, 2.45) is 0 Å². The smallest absolute Gasteiger partial charge is 0.315 e. The molecule has 1 aliphatic carbocycles. The maximum atomic E-state index is 12.5. The fraction of sp³-hybridized carbons (Fsp3) is 0.375. The first-order valence-corrected chi connectivity index (χ1v) is 13.0. The van der Waals surface area contributed by atoms with E-state index in [1.54, 1.807) is 25.3 Å². The molecule has 0 spiro atoms. The van der Waals surface area contributed by atoms with E-state index in [4.69, 9.17) is 27.9 Å². The van der Waals surface area contributed by atoms with Gasteiger partial charge >= 0.3 is 6.03 Å². The molecule has 0 unspecified atom stereocenters. The molecule has 2 amide bonds.